The number of hydrogen-bond acceptors (Lipinski definition) is 5. The molecule has 1 saturated heterocycles. The molecule has 1 aliphatic heterocycles. The Morgan fingerprint density at radius 1 is 0.970 bits per heavy atom. The number of H-pyrrole nitrogens is 2. The molecular weight excluding hydrogens is 414 g/mol. The van der Waals surface area contributed by atoms with Crippen molar-refractivity contribution in [1.29, 1.82) is 0 Å². The Kier molecular flexibility index (Phi) is 10.9. The van der Waals surface area contributed by atoms with E-state index in [1.165, 1.54) is 51.9 Å². The van der Waals surface area contributed by atoms with Gasteiger partial charge in [-0.25, -0.2) is 9.97 Å². The summed E-state index contributed by atoms with van der Waals surface area (Å²) in [6, 6.07) is 0. The number of carbonyl (C=O) groups is 1. The maximum absolute atomic E-state index is 13.2. The van der Waals surface area contributed by atoms with Crippen molar-refractivity contribution in [2.24, 2.45) is 5.92 Å². The predicted octanol–water partition coefficient (Wildman–Crippen LogP) is 3.67. The van der Waals surface area contributed by atoms with E-state index in [9.17, 15) is 4.79 Å². The molecule has 0 spiro atoms. The second-order valence-electron chi connectivity index (χ2n) is 9.36. The van der Waals surface area contributed by atoms with Crippen molar-refractivity contribution in [3.05, 3.63) is 36.4 Å². The molecule has 0 saturated carbocycles. The minimum Gasteiger partial charge on any atom is -0.347 e. The molecule has 0 unspecified atom stereocenters. The number of likely N-dealkylation sites (tertiary alicyclic amines) is 1. The first-order chi connectivity index (χ1) is 16.2. The van der Waals surface area contributed by atoms with Crippen molar-refractivity contribution in [2.45, 2.75) is 71.9 Å². The molecule has 8 heteroatoms. The van der Waals surface area contributed by atoms with Gasteiger partial charge >= 0.3 is 0 Å². The van der Waals surface area contributed by atoms with Gasteiger partial charge in [-0.1, -0.05) is 13.8 Å². The van der Waals surface area contributed by atoms with Crippen molar-refractivity contribution >= 4 is 5.91 Å². The summed E-state index contributed by atoms with van der Waals surface area (Å²) in [7, 11) is 0. The van der Waals surface area contributed by atoms with Gasteiger partial charge in [-0.05, 0) is 83.7 Å². The fourth-order valence-electron chi connectivity index (χ4n) is 4.79. The average molecular weight is 458 g/mol. The van der Waals surface area contributed by atoms with Crippen LogP contribution in [0.4, 0.5) is 0 Å². The molecule has 0 radical (unpaired) electrons. The van der Waals surface area contributed by atoms with E-state index in [4.69, 9.17) is 0 Å². The number of amides is 1. The number of hydrogen-bond donors (Lipinski definition) is 2. The van der Waals surface area contributed by atoms with Crippen molar-refractivity contribution < 1.29 is 4.79 Å². The van der Waals surface area contributed by atoms with Crippen LogP contribution in [0.2, 0.25) is 0 Å². The summed E-state index contributed by atoms with van der Waals surface area (Å²) in [6.07, 6.45) is 14.9. The van der Waals surface area contributed by atoms with E-state index in [2.05, 4.69) is 43.6 Å². The molecule has 2 N–H and O–H groups in total. The molecule has 8 nitrogen and oxygen atoms in total. The Bertz CT molecular complexity index is 712. The fourth-order valence-corrected chi connectivity index (χ4v) is 4.79. The summed E-state index contributed by atoms with van der Waals surface area (Å²) in [5, 5.41) is 0. The Morgan fingerprint density at radius 2 is 1.58 bits per heavy atom. The van der Waals surface area contributed by atoms with Gasteiger partial charge < -0.3 is 24.7 Å². The van der Waals surface area contributed by atoms with E-state index in [0.717, 1.165) is 37.6 Å². The van der Waals surface area contributed by atoms with Crippen molar-refractivity contribution in [3.63, 3.8) is 0 Å². The second-order valence-corrected chi connectivity index (χ2v) is 9.36. The average Bonchev–Trinajstić information content (AvgIpc) is 3.52. The zero-order valence-corrected chi connectivity index (χ0v) is 20.6. The lowest BCUT2D eigenvalue weighted by Crippen LogP contribution is -2.38. The molecule has 184 valence electrons. The summed E-state index contributed by atoms with van der Waals surface area (Å²) in [4.78, 5) is 35.0. The number of nitrogens with one attached hydrogen (secondary N) is 2. The molecule has 2 aromatic heterocycles. The number of carbonyl (C=O) groups excluding carboxylic acids is 1. The summed E-state index contributed by atoms with van der Waals surface area (Å²) in [6.45, 7) is 12.6. The minimum atomic E-state index is 0.188. The van der Waals surface area contributed by atoms with Crippen molar-refractivity contribution in [1.82, 2.24) is 34.6 Å². The second kappa shape index (κ2) is 14.2. The van der Waals surface area contributed by atoms with Crippen LogP contribution in [0.15, 0.2) is 24.8 Å². The van der Waals surface area contributed by atoms with Crippen LogP contribution in [0.1, 0.15) is 70.4 Å². The van der Waals surface area contributed by atoms with Crippen LogP contribution in [0.5, 0.6) is 0 Å². The van der Waals surface area contributed by atoms with Gasteiger partial charge in [-0.15, -0.1) is 0 Å². The third-order valence-electron chi connectivity index (χ3n) is 6.59. The third kappa shape index (κ3) is 8.93. The highest BCUT2D eigenvalue weighted by Crippen LogP contribution is 2.22. The molecule has 1 amide bonds. The lowest BCUT2D eigenvalue weighted by molar-refractivity contribution is -0.134. The number of piperidine rings is 1. The highest BCUT2D eigenvalue weighted by molar-refractivity contribution is 5.76. The summed E-state index contributed by atoms with van der Waals surface area (Å²) in [5.74, 6) is 2.27. The molecule has 33 heavy (non-hydrogen) atoms. The number of rotatable bonds is 15. The first-order valence-electron chi connectivity index (χ1n) is 12.9. The maximum Gasteiger partial charge on any atom is 0.223 e. The number of unbranched alkanes of at least 4 members (excludes halogenated alkanes) is 1. The maximum atomic E-state index is 13.2. The first kappa shape index (κ1) is 25.4. The standard InChI is InChI=1S/C25H43N7O/c1-3-13-30(14-4-2)15-5-6-16-31-17-7-22(8-18-31)19-25(33)32(20-23-26-9-10-27-23)21-24-28-11-12-29-24/h9-12,22H,3-8,13-21H2,1-2H3,(H,26,27)(H,28,29). The van der Waals surface area contributed by atoms with E-state index in [1.54, 1.807) is 24.8 Å². The lowest BCUT2D eigenvalue weighted by atomic mass is 9.92. The van der Waals surface area contributed by atoms with Crippen LogP contribution >= 0.6 is 0 Å². The largest absolute Gasteiger partial charge is 0.347 e. The van der Waals surface area contributed by atoms with Gasteiger partial charge in [0, 0.05) is 31.2 Å². The Balaban J connectivity index is 1.38. The van der Waals surface area contributed by atoms with Crippen molar-refractivity contribution in [2.75, 3.05) is 39.3 Å². The number of aromatic amines is 2. The van der Waals surface area contributed by atoms with Crippen LogP contribution in [-0.2, 0) is 17.9 Å². The zero-order chi connectivity index (χ0) is 23.3. The van der Waals surface area contributed by atoms with E-state index in [1.807, 2.05) is 4.90 Å². The quantitative estimate of drug-likeness (QED) is 0.399. The van der Waals surface area contributed by atoms with Gasteiger partial charge in [0.15, 0.2) is 0 Å². The molecule has 3 rings (SSSR count). The molecule has 0 aromatic carbocycles. The van der Waals surface area contributed by atoms with Gasteiger partial charge in [-0.2, -0.15) is 0 Å². The Hall–Kier alpha value is -2.19. The van der Waals surface area contributed by atoms with Crippen molar-refractivity contribution in [3.8, 4) is 0 Å². The van der Waals surface area contributed by atoms with E-state index in [0.29, 0.717) is 25.4 Å². The molecule has 3 heterocycles. The Labute approximate surface area is 199 Å². The molecule has 0 bridgehead atoms. The monoisotopic (exact) mass is 457 g/mol. The highest BCUT2D eigenvalue weighted by atomic mass is 16.2. The highest BCUT2D eigenvalue weighted by Gasteiger charge is 2.25. The van der Waals surface area contributed by atoms with E-state index >= 15 is 0 Å². The van der Waals surface area contributed by atoms with E-state index in [-0.39, 0.29) is 5.91 Å². The SMILES string of the molecule is CCCN(CCC)CCCCN1CCC(CC(=O)N(Cc2ncc[nH]2)Cc2ncc[nH]2)CC1. The van der Waals surface area contributed by atoms with Gasteiger partial charge in [0.1, 0.15) is 11.6 Å². The molecular formula is C25H43N7O. The van der Waals surface area contributed by atoms with Crippen LogP contribution in [0.25, 0.3) is 0 Å². The lowest BCUT2D eigenvalue weighted by Gasteiger charge is -2.33. The van der Waals surface area contributed by atoms with Gasteiger partial charge in [0.05, 0.1) is 13.1 Å². The molecule has 0 atom stereocenters. The molecule has 1 aliphatic rings. The normalized spacial score (nSPS) is 15.4. The summed E-state index contributed by atoms with van der Waals surface area (Å²) < 4.78 is 0. The molecule has 2 aromatic rings. The van der Waals surface area contributed by atoms with E-state index < -0.39 is 0 Å². The number of aromatic nitrogens is 4. The number of nitrogens with zero attached hydrogens (tertiary/aromatic N) is 5. The van der Waals surface area contributed by atoms with Crippen LogP contribution in [0.3, 0.4) is 0 Å². The van der Waals surface area contributed by atoms with Crippen LogP contribution in [0, 0.1) is 5.92 Å². The van der Waals surface area contributed by atoms with Gasteiger partial charge in [0.2, 0.25) is 5.91 Å². The fraction of sp³-hybridized carbons (Fsp3) is 0.720. The molecule has 0 aliphatic carbocycles. The van der Waals surface area contributed by atoms with Gasteiger partial charge in [-0.3, -0.25) is 4.79 Å². The van der Waals surface area contributed by atoms with Gasteiger partial charge in [0.25, 0.3) is 0 Å². The smallest absolute Gasteiger partial charge is 0.223 e. The third-order valence-corrected chi connectivity index (χ3v) is 6.59. The predicted molar refractivity (Wildman–Crippen MR) is 131 cm³/mol. The van der Waals surface area contributed by atoms with Crippen LogP contribution < -0.4 is 0 Å². The minimum absolute atomic E-state index is 0.188. The zero-order valence-electron chi connectivity index (χ0n) is 20.6. The van der Waals surface area contributed by atoms with Crippen LogP contribution in [-0.4, -0.2) is 79.8 Å². The number of imidazole rings is 2. The first-order valence-corrected chi connectivity index (χ1v) is 12.9. The Morgan fingerprint density at radius 3 is 2.09 bits per heavy atom. The topological polar surface area (TPSA) is 84.2 Å². The summed E-state index contributed by atoms with van der Waals surface area (Å²) in [5.41, 5.74) is 0. The molecule has 1 fully saturated rings. The summed E-state index contributed by atoms with van der Waals surface area (Å²) >= 11 is 0.